The van der Waals surface area contributed by atoms with Crippen molar-refractivity contribution >= 4 is 20.6 Å². The van der Waals surface area contributed by atoms with Crippen molar-refractivity contribution in [3.05, 3.63) is 11.8 Å². The molecule has 15 heavy (non-hydrogen) atoms. The molecule has 0 saturated carbocycles. The van der Waals surface area contributed by atoms with Gasteiger partial charge >= 0.3 is 12.1 Å². The third kappa shape index (κ3) is 6.04. The van der Waals surface area contributed by atoms with Gasteiger partial charge in [-0.2, -0.15) is 0 Å². The third-order valence-electron chi connectivity index (χ3n) is 1.39. The molecule has 1 atom stereocenters. The van der Waals surface area contributed by atoms with E-state index in [9.17, 15) is 9.59 Å². The Morgan fingerprint density at radius 1 is 1.40 bits per heavy atom. The second-order valence-electron chi connectivity index (χ2n) is 2.34. The number of carbonyl (C=O) groups is 2. The molecule has 0 aliphatic carbocycles. The number of amides is 1. The van der Waals surface area contributed by atoms with Crippen LogP contribution in [0, 0.1) is 0 Å². The summed E-state index contributed by atoms with van der Waals surface area (Å²) in [5.74, 6) is -0.650. The summed E-state index contributed by atoms with van der Waals surface area (Å²) in [7, 11) is 2.68. The third-order valence-corrected chi connectivity index (χ3v) is 2.11. The highest BCUT2D eigenvalue weighted by Gasteiger charge is 2.12. The summed E-state index contributed by atoms with van der Waals surface area (Å²) in [6, 6.07) is 0. The molecule has 0 aromatic carbocycles. The van der Waals surface area contributed by atoms with Gasteiger partial charge in [-0.1, -0.05) is 8.58 Å². The van der Waals surface area contributed by atoms with Crippen LogP contribution in [0.5, 0.6) is 0 Å². The number of aliphatic hydroxyl groups is 1. The largest absolute Gasteiger partial charge is 0.464 e. The van der Waals surface area contributed by atoms with Crippen LogP contribution in [0.3, 0.4) is 0 Å². The van der Waals surface area contributed by atoms with E-state index >= 15 is 0 Å². The summed E-state index contributed by atoms with van der Waals surface area (Å²) in [6.45, 7) is 0. The molecule has 0 rings (SSSR count). The number of esters is 1. The van der Waals surface area contributed by atoms with E-state index in [2.05, 4.69) is 14.8 Å². The lowest BCUT2D eigenvalue weighted by atomic mass is 10.4. The first-order chi connectivity index (χ1) is 7.15. The maximum atomic E-state index is 11.1. The molecule has 0 aromatic heterocycles. The van der Waals surface area contributed by atoms with E-state index in [1.54, 1.807) is 0 Å². The van der Waals surface area contributed by atoms with Crippen LogP contribution in [0.2, 0.25) is 0 Å². The zero-order valence-corrected chi connectivity index (χ0v) is 9.57. The molecule has 0 fully saturated rings. The Balaban J connectivity index is 4.36. The summed E-state index contributed by atoms with van der Waals surface area (Å²) >= 11 is 0. The van der Waals surface area contributed by atoms with Gasteiger partial charge in [-0.15, -0.1) is 0 Å². The minimum absolute atomic E-state index is 0.0188. The number of alkyl carbamates (subject to hydrolysis) is 1. The highest BCUT2D eigenvalue weighted by atomic mass is 31.1. The maximum absolute atomic E-state index is 11.1. The first-order valence-corrected chi connectivity index (χ1v) is 5.52. The average Bonchev–Trinajstić information content (AvgIpc) is 2.26. The van der Waals surface area contributed by atoms with E-state index in [1.165, 1.54) is 20.3 Å². The molecule has 0 heterocycles. The summed E-state index contributed by atoms with van der Waals surface area (Å²) in [6.07, 6.45) is 1.28. The van der Waals surface area contributed by atoms with Crippen LogP contribution in [0.15, 0.2) is 11.8 Å². The van der Waals surface area contributed by atoms with Gasteiger partial charge in [0.2, 0.25) is 0 Å². The Hall–Kier alpha value is -1.13. The molecular weight excluding hydrogens is 221 g/mol. The molecule has 0 saturated heterocycles. The minimum atomic E-state index is -0.737. The molecule has 7 heteroatoms. The highest BCUT2D eigenvalue weighted by Crippen LogP contribution is 2.08. The fourth-order valence-corrected chi connectivity index (χ4v) is 1.17. The van der Waals surface area contributed by atoms with Crippen molar-refractivity contribution in [3.8, 4) is 0 Å². The van der Waals surface area contributed by atoms with Gasteiger partial charge in [-0.25, -0.2) is 9.59 Å². The van der Waals surface area contributed by atoms with E-state index in [1.807, 2.05) is 0 Å². The second-order valence-corrected chi connectivity index (χ2v) is 3.56. The number of ether oxygens (including phenoxy) is 2. The maximum Gasteiger partial charge on any atom is 0.411 e. The molecule has 2 N–H and O–H groups in total. The predicted octanol–water partition coefficient (Wildman–Crippen LogP) is 0.0276. The molecule has 0 bridgehead atoms. The molecular formula is C8H14NO5P. The van der Waals surface area contributed by atoms with Crippen molar-refractivity contribution in [2.75, 3.05) is 26.7 Å². The van der Waals surface area contributed by atoms with Crippen molar-refractivity contribution in [2.45, 2.75) is 0 Å². The molecule has 86 valence electrons. The van der Waals surface area contributed by atoms with Gasteiger partial charge in [0.25, 0.3) is 0 Å². The van der Waals surface area contributed by atoms with Crippen molar-refractivity contribution in [1.82, 2.24) is 5.32 Å². The van der Waals surface area contributed by atoms with Crippen LogP contribution >= 0.6 is 8.58 Å². The Bertz CT molecular complexity index is 253. The number of nitrogens with one attached hydrogen (secondary N) is 1. The molecule has 0 radical (unpaired) electrons. The number of carbonyl (C=O) groups excluding carboxylic acids is 2. The number of allylic oxidation sites excluding steroid dienone is 1. The predicted molar refractivity (Wildman–Crippen MR) is 55.9 cm³/mol. The molecule has 1 unspecified atom stereocenters. The Kier molecular flexibility index (Phi) is 7.58. The number of rotatable bonds is 5. The van der Waals surface area contributed by atoms with Crippen LogP contribution in [-0.2, 0) is 14.3 Å². The lowest BCUT2D eigenvalue weighted by Crippen LogP contribution is -2.28. The minimum Gasteiger partial charge on any atom is -0.464 e. The van der Waals surface area contributed by atoms with E-state index < -0.39 is 12.1 Å². The monoisotopic (exact) mass is 235 g/mol. The molecule has 0 spiro atoms. The molecule has 0 aliphatic rings. The normalized spacial score (nSPS) is 11.5. The number of methoxy groups -OCH3 is 2. The number of hydrogen-bond acceptors (Lipinski definition) is 5. The van der Waals surface area contributed by atoms with E-state index in [-0.39, 0.29) is 20.6 Å². The zero-order chi connectivity index (χ0) is 11.7. The van der Waals surface area contributed by atoms with Gasteiger partial charge in [-0.3, -0.25) is 5.32 Å². The first-order valence-electron chi connectivity index (χ1n) is 4.10. The van der Waals surface area contributed by atoms with Crippen molar-refractivity contribution in [3.63, 3.8) is 0 Å². The SMILES string of the molecule is COC(=O)N/C(=C\CPCO)C(=O)OC. The first kappa shape index (κ1) is 13.9. The van der Waals surface area contributed by atoms with Crippen molar-refractivity contribution in [1.29, 1.82) is 0 Å². The number of hydrogen-bond donors (Lipinski definition) is 2. The quantitative estimate of drug-likeness (QED) is 0.304. The molecule has 6 nitrogen and oxygen atoms in total. The lowest BCUT2D eigenvalue weighted by molar-refractivity contribution is -0.136. The van der Waals surface area contributed by atoms with Gasteiger partial charge < -0.3 is 14.6 Å². The summed E-state index contributed by atoms with van der Waals surface area (Å²) in [4.78, 5) is 22.0. The van der Waals surface area contributed by atoms with Gasteiger partial charge in [0.05, 0.1) is 20.6 Å². The fraction of sp³-hybridized carbons (Fsp3) is 0.500. The van der Waals surface area contributed by atoms with Gasteiger partial charge in [0.15, 0.2) is 0 Å². The average molecular weight is 235 g/mol. The topological polar surface area (TPSA) is 84.9 Å². The molecule has 0 aromatic rings. The summed E-state index contributed by atoms with van der Waals surface area (Å²) < 4.78 is 8.79. The fourth-order valence-electron chi connectivity index (χ4n) is 0.695. The summed E-state index contributed by atoms with van der Waals surface area (Å²) in [5, 5.41) is 10.8. The Morgan fingerprint density at radius 2 is 2.07 bits per heavy atom. The Morgan fingerprint density at radius 3 is 2.53 bits per heavy atom. The van der Waals surface area contributed by atoms with Crippen LogP contribution in [0.1, 0.15) is 0 Å². The number of aliphatic hydroxyl groups excluding tert-OH is 1. The van der Waals surface area contributed by atoms with E-state index in [4.69, 9.17) is 5.11 Å². The smallest absolute Gasteiger partial charge is 0.411 e. The summed E-state index contributed by atoms with van der Waals surface area (Å²) in [5.41, 5.74) is 0.0188. The molecule has 0 aliphatic heterocycles. The van der Waals surface area contributed by atoms with E-state index in [0.717, 1.165) is 0 Å². The highest BCUT2D eigenvalue weighted by molar-refractivity contribution is 7.37. The van der Waals surface area contributed by atoms with Crippen LogP contribution < -0.4 is 5.32 Å². The van der Waals surface area contributed by atoms with Crippen LogP contribution in [-0.4, -0.2) is 43.9 Å². The van der Waals surface area contributed by atoms with Crippen molar-refractivity contribution in [2.24, 2.45) is 0 Å². The van der Waals surface area contributed by atoms with Crippen LogP contribution in [0.25, 0.3) is 0 Å². The molecule has 1 amide bonds. The van der Waals surface area contributed by atoms with Gasteiger partial charge in [0, 0.05) is 0 Å². The zero-order valence-electron chi connectivity index (χ0n) is 8.57. The van der Waals surface area contributed by atoms with Crippen molar-refractivity contribution < 1.29 is 24.2 Å². The lowest BCUT2D eigenvalue weighted by Gasteiger charge is -2.06. The Labute approximate surface area is 89.4 Å². The van der Waals surface area contributed by atoms with Gasteiger partial charge in [0.1, 0.15) is 5.70 Å². The second kappa shape index (κ2) is 8.20. The standard InChI is InChI=1S/C8H14NO5P/c1-13-7(11)6(3-4-15-5-10)9-8(12)14-2/h3,10,15H,4-5H2,1-2H3,(H,9,12)/b6-3-. The van der Waals surface area contributed by atoms with E-state index in [0.29, 0.717) is 6.16 Å². The van der Waals surface area contributed by atoms with Crippen LogP contribution in [0.4, 0.5) is 4.79 Å². The van der Waals surface area contributed by atoms with Gasteiger partial charge in [-0.05, 0) is 12.2 Å².